The molecule has 0 amide bonds. The van der Waals surface area contributed by atoms with Crippen LogP contribution in [-0.2, 0) is 18.9 Å². The number of aromatic nitrogens is 2. The van der Waals surface area contributed by atoms with Gasteiger partial charge >= 0.3 is 5.97 Å². The molecule has 4 atom stereocenters. The summed E-state index contributed by atoms with van der Waals surface area (Å²) in [4.78, 5) is 15.8. The molecule has 23 heavy (non-hydrogen) atoms. The molecule has 9 heteroatoms. The largest absolute Gasteiger partial charge is 0.461 e. The van der Waals surface area contributed by atoms with Gasteiger partial charge in [0.25, 0.3) is 0 Å². The molecule has 0 saturated carbocycles. The number of fused-ring (bicyclic) bond motifs is 1. The van der Waals surface area contributed by atoms with E-state index in [1.165, 1.54) is 10.9 Å². The molecule has 2 aliphatic rings. The van der Waals surface area contributed by atoms with Crippen molar-refractivity contribution >= 4 is 11.8 Å². The van der Waals surface area contributed by atoms with Gasteiger partial charge in [-0.05, 0) is 20.8 Å². The summed E-state index contributed by atoms with van der Waals surface area (Å²) in [5, 5.41) is 9.49. The van der Waals surface area contributed by atoms with Gasteiger partial charge in [-0.3, -0.25) is 4.57 Å². The highest BCUT2D eigenvalue weighted by atomic mass is 16.8. The molecule has 9 nitrogen and oxygen atoms in total. The first-order chi connectivity index (χ1) is 10.9. The third-order valence-electron chi connectivity index (χ3n) is 3.88. The first-order valence-corrected chi connectivity index (χ1v) is 7.49. The fourth-order valence-corrected chi connectivity index (χ4v) is 2.96. The number of hydrogen-bond acceptors (Lipinski definition) is 8. The molecule has 128 valence electrons. The molecule has 0 unspecified atom stereocenters. The average molecular weight is 327 g/mol. The predicted molar refractivity (Wildman–Crippen MR) is 77.4 cm³/mol. The van der Waals surface area contributed by atoms with E-state index < -0.39 is 36.3 Å². The van der Waals surface area contributed by atoms with Gasteiger partial charge in [0, 0.05) is 0 Å². The van der Waals surface area contributed by atoms with E-state index in [0.717, 1.165) is 0 Å². The van der Waals surface area contributed by atoms with Gasteiger partial charge in [0.1, 0.15) is 24.1 Å². The predicted octanol–water partition coefficient (Wildman–Crippen LogP) is 0.0518. The van der Waals surface area contributed by atoms with Crippen molar-refractivity contribution in [3.8, 4) is 0 Å². The lowest BCUT2D eigenvalue weighted by Crippen LogP contribution is -2.31. The van der Waals surface area contributed by atoms with Crippen LogP contribution >= 0.6 is 0 Å². The summed E-state index contributed by atoms with van der Waals surface area (Å²) in [6.45, 7) is 5.30. The number of nitrogens with two attached hydrogens (primary N) is 1. The molecule has 1 aromatic rings. The number of ether oxygens (including phenoxy) is 4. The third-order valence-corrected chi connectivity index (χ3v) is 3.88. The van der Waals surface area contributed by atoms with Crippen molar-refractivity contribution in [3.05, 3.63) is 12.0 Å². The number of nitrogens with zero attached hydrogens (tertiary/aromatic N) is 2. The van der Waals surface area contributed by atoms with Crippen molar-refractivity contribution < 1.29 is 28.8 Å². The summed E-state index contributed by atoms with van der Waals surface area (Å²) in [7, 11) is 0. The van der Waals surface area contributed by atoms with Crippen LogP contribution in [0.3, 0.4) is 0 Å². The molecule has 1 aromatic heterocycles. The normalized spacial score (nSPS) is 32.0. The van der Waals surface area contributed by atoms with Crippen LogP contribution in [0.5, 0.6) is 0 Å². The van der Waals surface area contributed by atoms with Crippen LogP contribution < -0.4 is 5.73 Å². The maximum Gasteiger partial charge on any atom is 0.360 e. The molecule has 2 saturated heterocycles. The van der Waals surface area contributed by atoms with Gasteiger partial charge in [-0.1, -0.05) is 0 Å². The van der Waals surface area contributed by atoms with E-state index in [1.807, 2.05) is 0 Å². The Morgan fingerprint density at radius 1 is 1.48 bits per heavy atom. The first kappa shape index (κ1) is 16.2. The van der Waals surface area contributed by atoms with Crippen LogP contribution in [0, 0.1) is 0 Å². The molecule has 2 aliphatic heterocycles. The van der Waals surface area contributed by atoms with Gasteiger partial charge in [-0.2, -0.15) is 0 Å². The fourth-order valence-electron chi connectivity index (χ4n) is 2.96. The van der Waals surface area contributed by atoms with E-state index in [9.17, 15) is 9.90 Å². The maximum atomic E-state index is 11.8. The van der Waals surface area contributed by atoms with Crippen molar-refractivity contribution in [2.24, 2.45) is 0 Å². The zero-order valence-electron chi connectivity index (χ0n) is 13.3. The summed E-state index contributed by atoms with van der Waals surface area (Å²) in [6, 6.07) is 0. The number of aliphatic hydroxyl groups is 1. The summed E-state index contributed by atoms with van der Waals surface area (Å²) < 4.78 is 23.9. The molecule has 0 aliphatic carbocycles. The van der Waals surface area contributed by atoms with Crippen molar-refractivity contribution in [1.82, 2.24) is 9.55 Å². The Balaban J connectivity index is 1.89. The topological polar surface area (TPSA) is 118 Å². The zero-order valence-corrected chi connectivity index (χ0v) is 13.3. The van der Waals surface area contributed by atoms with Gasteiger partial charge in [-0.15, -0.1) is 0 Å². The van der Waals surface area contributed by atoms with Crippen LogP contribution in [0.1, 0.15) is 37.5 Å². The molecule has 3 heterocycles. The summed E-state index contributed by atoms with van der Waals surface area (Å²) in [6.07, 6.45) is -0.673. The van der Waals surface area contributed by atoms with Crippen LogP contribution in [0.2, 0.25) is 0 Å². The molecule has 0 spiro atoms. The minimum absolute atomic E-state index is 0.0256. The molecule has 0 aromatic carbocycles. The highest BCUT2D eigenvalue weighted by Gasteiger charge is 2.56. The lowest BCUT2D eigenvalue weighted by molar-refractivity contribution is -0.199. The van der Waals surface area contributed by atoms with Crippen molar-refractivity contribution in [2.45, 2.75) is 51.1 Å². The van der Waals surface area contributed by atoms with E-state index in [2.05, 4.69) is 4.98 Å². The Kier molecular flexibility index (Phi) is 4.05. The average Bonchev–Trinajstić information content (AvgIpc) is 3.10. The first-order valence-electron chi connectivity index (χ1n) is 7.49. The molecular weight excluding hydrogens is 306 g/mol. The van der Waals surface area contributed by atoms with Gasteiger partial charge in [0.15, 0.2) is 17.7 Å². The molecule has 0 radical (unpaired) electrons. The maximum absolute atomic E-state index is 11.8. The van der Waals surface area contributed by atoms with E-state index >= 15 is 0 Å². The number of rotatable bonds is 4. The number of nitrogen functional groups attached to an aromatic ring is 1. The monoisotopic (exact) mass is 327 g/mol. The van der Waals surface area contributed by atoms with Gasteiger partial charge in [0.2, 0.25) is 0 Å². The van der Waals surface area contributed by atoms with Crippen LogP contribution in [0.4, 0.5) is 5.82 Å². The summed E-state index contributed by atoms with van der Waals surface area (Å²) in [5.41, 5.74) is 6.04. The number of hydrogen-bond donors (Lipinski definition) is 2. The number of carbonyl (C=O) groups is 1. The quantitative estimate of drug-likeness (QED) is 0.745. The third kappa shape index (κ3) is 2.69. The lowest BCUT2D eigenvalue weighted by atomic mass is 10.1. The Hall–Kier alpha value is -1.68. The van der Waals surface area contributed by atoms with Crippen molar-refractivity contribution in [3.63, 3.8) is 0 Å². The minimum Gasteiger partial charge on any atom is -0.461 e. The minimum atomic E-state index is -0.788. The number of esters is 1. The Bertz CT molecular complexity index is 601. The van der Waals surface area contributed by atoms with E-state index in [4.69, 9.17) is 24.7 Å². The standard InChI is InChI=1S/C14H21N3O6/c1-4-20-13(19)8-11(15)17(6-16-8)12-10-9(7(5-18)21-12)22-14(2,3)23-10/h6-7,9-10,12,18H,4-5,15H2,1-3H3/t7-,9+,10-,12-/m1/s1. The fraction of sp³-hybridized carbons (Fsp3) is 0.714. The highest BCUT2D eigenvalue weighted by Crippen LogP contribution is 2.43. The van der Waals surface area contributed by atoms with Gasteiger partial charge < -0.3 is 29.8 Å². The van der Waals surface area contributed by atoms with Crippen LogP contribution in [0.25, 0.3) is 0 Å². The molecule has 0 bridgehead atoms. The van der Waals surface area contributed by atoms with Crippen molar-refractivity contribution in [2.75, 3.05) is 18.9 Å². The highest BCUT2D eigenvalue weighted by molar-refractivity contribution is 5.92. The van der Waals surface area contributed by atoms with Crippen molar-refractivity contribution in [1.29, 1.82) is 0 Å². The Morgan fingerprint density at radius 3 is 2.83 bits per heavy atom. The van der Waals surface area contributed by atoms with Gasteiger partial charge in [-0.25, -0.2) is 9.78 Å². The van der Waals surface area contributed by atoms with Gasteiger partial charge in [0.05, 0.1) is 19.5 Å². The summed E-state index contributed by atoms with van der Waals surface area (Å²) in [5.74, 6) is -1.26. The number of imidazole rings is 1. The lowest BCUT2D eigenvalue weighted by Gasteiger charge is -2.24. The number of carbonyl (C=O) groups excluding carboxylic acids is 1. The van der Waals surface area contributed by atoms with E-state index in [0.29, 0.717) is 0 Å². The number of aliphatic hydroxyl groups excluding tert-OH is 1. The SMILES string of the molecule is CCOC(=O)c1ncn([C@@H]2O[C@H](CO)[C@@H]3OC(C)(C)O[C@H]32)c1N. The van der Waals surface area contributed by atoms with Crippen LogP contribution in [0.15, 0.2) is 6.33 Å². The van der Waals surface area contributed by atoms with E-state index in [1.54, 1.807) is 20.8 Å². The second kappa shape index (κ2) is 5.75. The van der Waals surface area contributed by atoms with Crippen LogP contribution in [-0.4, -0.2) is 57.9 Å². The molecule has 3 N–H and O–H groups in total. The smallest absolute Gasteiger partial charge is 0.360 e. The second-order valence-electron chi connectivity index (χ2n) is 5.92. The Labute approximate surface area is 133 Å². The Morgan fingerprint density at radius 2 is 2.17 bits per heavy atom. The van der Waals surface area contributed by atoms with E-state index in [-0.39, 0.29) is 24.7 Å². The molecule has 2 fully saturated rings. The second-order valence-corrected chi connectivity index (χ2v) is 5.92. The molecular formula is C14H21N3O6. The molecule has 3 rings (SSSR count). The zero-order chi connectivity index (χ0) is 16.8. The number of anilines is 1. The summed E-state index contributed by atoms with van der Waals surface area (Å²) >= 11 is 0.